The van der Waals surface area contributed by atoms with Crippen molar-refractivity contribution in [2.45, 2.75) is 174 Å². The standard InChI is InChI=1S/C35H70NO7P/c1-3-5-7-9-11-13-15-16-17-18-19-20-22-24-26-28-35(37)43-34(33-42-44(38,39)41-31-29-36)32-40-30-27-25-23-21-14-12-10-8-6-4-2/h16-17,34H,3-15,18-33,36H2,1-2H3,(H,38,39)/b17-16-. The van der Waals surface area contributed by atoms with Crippen LogP contribution in [0.25, 0.3) is 0 Å². The summed E-state index contributed by atoms with van der Waals surface area (Å²) in [6.45, 7) is 4.90. The molecule has 0 fully saturated rings. The number of phosphoric ester groups is 1. The number of rotatable bonds is 35. The molecule has 0 saturated carbocycles. The van der Waals surface area contributed by atoms with Crippen molar-refractivity contribution in [2.24, 2.45) is 5.73 Å². The summed E-state index contributed by atoms with van der Waals surface area (Å²) in [5.41, 5.74) is 5.34. The molecule has 0 radical (unpaired) electrons. The number of ether oxygens (including phenoxy) is 2. The molecule has 9 heteroatoms. The van der Waals surface area contributed by atoms with Crippen molar-refractivity contribution >= 4 is 13.8 Å². The molecule has 0 aliphatic carbocycles. The van der Waals surface area contributed by atoms with E-state index in [1.807, 2.05) is 0 Å². The SMILES string of the molecule is CCCCCCCC/C=C\CCCCCCCC(=O)OC(COCCCCCCCCCCCC)COP(=O)(O)OCCN. The molecule has 0 aromatic heterocycles. The van der Waals surface area contributed by atoms with Crippen LogP contribution in [0, 0.1) is 0 Å². The summed E-state index contributed by atoms with van der Waals surface area (Å²) >= 11 is 0. The molecule has 44 heavy (non-hydrogen) atoms. The van der Waals surface area contributed by atoms with Gasteiger partial charge in [-0.05, 0) is 38.5 Å². The average molecular weight is 648 g/mol. The van der Waals surface area contributed by atoms with Crippen LogP contribution in [0.2, 0.25) is 0 Å². The third-order valence-electron chi connectivity index (χ3n) is 7.68. The fourth-order valence-electron chi connectivity index (χ4n) is 4.99. The van der Waals surface area contributed by atoms with Gasteiger partial charge in [0.15, 0.2) is 0 Å². The van der Waals surface area contributed by atoms with Crippen LogP contribution in [0.4, 0.5) is 0 Å². The summed E-state index contributed by atoms with van der Waals surface area (Å²) in [6, 6.07) is 0. The Morgan fingerprint density at radius 2 is 1.14 bits per heavy atom. The maximum atomic E-state index is 12.5. The van der Waals surface area contributed by atoms with Gasteiger partial charge in [0.05, 0.1) is 19.8 Å². The minimum atomic E-state index is -4.26. The lowest BCUT2D eigenvalue weighted by atomic mass is 10.1. The van der Waals surface area contributed by atoms with Crippen LogP contribution in [-0.4, -0.2) is 49.9 Å². The van der Waals surface area contributed by atoms with Gasteiger partial charge in [-0.25, -0.2) is 4.57 Å². The molecule has 0 heterocycles. The number of phosphoric acid groups is 1. The largest absolute Gasteiger partial charge is 0.472 e. The van der Waals surface area contributed by atoms with Crippen molar-refractivity contribution in [3.8, 4) is 0 Å². The highest BCUT2D eigenvalue weighted by atomic mass is 31.2. The Balaban J connectivity index is 4.10. The van der Waals surface area contributed by atoms with Crippen LogP contribution >= 0.6 is 7.82 Å². The zero-order valence-electron chi connectivity index (χ0n) is 28.7. The van der Waals surface area contributed by atoms with Crippen LogP contribution in [0.5, 0.6) is 0 Å². The lowest BCUT2D eigenvalue weighted by Gasteiger charge is -2.20. The maximum Gasteiger partial charge on any atom is 0.472 e. The third-order valence-corrected chi connectivity index (χ3v) is 8.67. The smallest absolute Gasteiger partial charge is 0.457 e. The zero-order valence-corrected chi connectivity index (χ0v) is 29.6. The van der Waals surface area contributed by atoms with Gasteiger partial charge in [-0.1, -0.05) is 135 Å². The molecule has 262 valence electrons. The van der Waals surface area contributed by atoms with Gasteiger partial charge in [0.2, 0.25) is 0 Å². The summed E-state index contributed by atoms with van der Waals surface area (Å²) in [5.74, 6) is -0.339. The minimum absolute atomic E-state index is 0.0943. The molecule has 0 amide bonds. The Hall–Kier alpha value is -0.760. The Bertz CT molecular complexity index is 692. The molecule has 0 bridgehead atoms. The van der Waals surface area contributed by atoms with Gasteiger partial charge in [0.1, 0.15) is 6.10 Å². The van der Waals surface area contributed by atoms with Crippen LogP contribution in [-0.2, 0) is 27.9 Å². The minimum Gasteiger partial charge on any atom is -0.457 e. The fourth-order valence-corrected chi connectivity index (χ4v) is 5.76. The molecule has 0 rings (SSSR count). The van der Waals surface area contributed by atoms with E-state index in [0.717, 1.165) is 44.9 Å². The van der Waals surface area contributed by atoms with Gasteiger partial charge in [0.25, 0.3) is 0 Å². The fraction of sp³-hybridized carbons (Fsp3) is 0.914. The van der Waals surface area contributed by atoms with Crippen LogP contribution in [0.3, 0.4) is 0 Å². The number of nitrogens with two attached hydrogens (primary N) is 1. The maximum absolute atomic E-state index is 12.5. The number of hydrogen-bond donors (Lipinski definition) is 2. The second-order valence-corrected chi connectivity index (χ2v) is 13.5. The quantitative estimate of drug-likeness (QED) is 0.0302. The van der Waals surface area contributed by atoms with E-state index in [9.17, 15) is 14.3 Å². The normalized spacial score (nSPS) is 13.8. The first kappa shape index (κ1) is 43.2. The summed E-state index contributed by atoms with van der Waals surface area (Å²) < 4.78 is 33.2. The topological polar surface area (TPSA) is 117 Å². The van der Waals surface area contributed by atoms with E-state index in [1.54, 1.807) is 0 Å². The molecule has 0 saturated heterocycles. The number of esters is 1. The third kappa shape index (κ3) is 32.6. The van der Waals surface area contributed by atoms with Crippen molar-refractivity contribution in [3.63, 3.8) is 0 Å². The molecular weight excluding hydrogens is 577 g/mol. The predicted octanol–water partition coefficient (Wildman–Crippen LogP) is 9.97. The summed E-state index contributed by atoms with van der Waals surface area (Å²) in [5, 5.41) is 0. The monoisotopic (exact) mass is 647 g/mol. The molecule has 0 aliphatic heterocycles. The van der Waals surface area contributed by atoms with Gasteiger partial charge in [-0.3, -0.25) is 13.8 Å². The van der Waals surface area contributed by atoms with Crippen LogP contribution in [0.15, 0.2) is 12.2 Å². The van der Waals surface area contributed by atoms with E-state index < -0.39 is 13.9 Å². The van der Waals surface area contributed by atoms with E-state index in [0.29, 0.717) is 13.0 Å². The molecule has 0 aromatic carbocycles. The van der Waals surface area contributed by atoms with E-state index in [-0.39, 0.29) is 32.3 Å². The van der Waals surface area contributed by atoms with Crippen LogP contribution in [0.1, 0.15) is 168 Å². The van der Waals surface area contributed by atoms with Crippen molar-refractivity contribution in [3.05, 3.63) is 12.2 Å². The van der Waals surface area contributed by atoms with Gasteiger partial charge in [0, 0.05) is 19.6 Å². The van der Waals surface area contributed by atoms with Crippen LogP contribution < -0.4 is 5.73 Å². The highest BCUT2D eigenvalue weighted by molar-refractivity contribution is 7.47. The van der Waals surface area contributed by atoms with Gasteiger partial charge in [-0.2, -0.15) is 0 Å². The highest BCUT2D eigenvalue weighted by Crippen LogP contribution is 2.43. The summed E-state index contributed by atoms with van der Waals surface area (Å²) in [7, 11) is -4.26. The molecular formula is C35H70NO7P. The molecule has 3 N–H and O–H groups in total. The average Bonchev–Trinajstić information content (AvgIpc) is 3.01. The van der Waals surface area contributed by atoms with E-state index in [4.69, 9.17) is 24.3 Å². The lowest BCUT2D eigenvalue weighted by molar-refractivity contribution is -0.154. The summed E-state index contributed by atoms with van der Waals surface area (Å²) in [4.78, 5) is 22.3. The van der Waals surface area contributed by atoms with Crippen molar-refractivity contribution in [1.82, 2.24) is 0 Å². The number of carbonyl (C=O) groups excluding carboxylic acids is 1. The van der Waals surface area contributed by atoms with E-state index in [2.05, 4.69) is 26.0 Å². The van der Waals surface area contributed by atoms with Crippen molar-refractivity contribution < 1.29 is 32.8 Å². The highest BCUT2D eigenvalue weighted by Gasteiger charge is 2.25. The number of unbranched alkanes of at least 4 members (excludes halogenated alkanes) is 20. The number of carbonyl (C=O) groups is 1. The number of allylic oxidation sites excluding steroid dienone is 2. The lowest BCUT2D eigenvalue weighted by Crippen LogP contribution is -2.28. The second-order valence-electron chi connectivity index (χ2n) is 12.1. The zero-order chi connectivity index (χ0) is 32.4. The Morgan fingerprint density at radius 3 is 1.66 bits per heavy atom. The summed E-state index contributed by atoms with van der Waals surface area (Å²) in [6.07, 6.45) is 32.2. The Morgan fingerprint density at radius 1 is 0.659 bits per heavy atom. The molecule has 0 spiro atoms. The first-order valence-corrected chi connectivity index (χ1v) is 19.7. The Labute approximate surface area is 271 Å². The van der Waals surface area contributed by atoms with E-state index in [1.165, 1.54) is 103 Å². The first-order valence-electron chi connectivity index (χ1n) is 18.2. The van der Waals surface area contributed by atoms with Gasteiger partial charge < -0.3 is 20.1 Å². The number of hydrogen-bond acceptors (Lipinski definition) is 7. The Kier molecular flexibility index (Phi) is 33.0. The predicted molar refractivity (Wildman–Crippen MR) is 183 cm³/mol. The molecule has 0 aliphatic rings. The van der Waals surface area contributed by atoms with Crippen molar-refractivity contribution in [2.75, 3.05) is 33.0 Å². The molecule has 8 nitrogen and oxygen atoms in total. The molecule has 2 unspecified atom stereocenters. The van der Waals surface area contributed by atoms with Gasteiger partial charge >= 0.3 is 13.8 Å². The van der Waals surface area contributed by atoms with E-state index >= 15 is 0 Å². The van der Waals surface area contributed by atoms with Gasteiger partial charge in [-0.15, -0.1) is 0 Å². The second kappa shape index (κ2) is 33.6. The molecule has 0 aromatic rings. The first-order chi connectivity index (χ1) is 21.4. The van der Waals surface area contributed by atoms with Crippen molar-refractivity contribution in [1.29, 1.82) is 0 Å². The molecule has 2 atom stereocenters.